The van der Waals surface area contributed by atoms with Crippen LogP contribution in [0.5, 0.6) is 5.75 Å². The summed E-state index contributed by atoms with van der Waals surface area (Å²) in [7, 11) is 1.41. The zero-order valence-corrected chi connectivity index (χ0v) is 10.9. The van der Waals surface area contributed by atoms with E-state index in [-0.39, 0.29) is 5.75 Å². The molecule has 1 aromatic carbocycles. The molecule has 0 saturated heterocycles. The number of aryl methyl sites for hydroxylation is 1. The maximum Gasteiger partial charge on any atom is 0.165 e. The number of hydrogen-bond acceptors (Lipinski definition) is 3. The monoisotopic (exact) mass is 261 g/mol. The summed E-state index contributed by atoms with van der Waals surface area (Å²) in [6, 6.07) is 6.22. The van der Waals surface area contributed by atoms with Crippen LogP contribution < -0.4 is 4.74 Å². The minimum absolute atomic E-state index is 0.168. The number of rotatable bonds is 4. The second-order valence-electron chi connectivity index (χ2n) is 4.22. The minimum atomic E-state index is -0.863. The third-order valence-electron chi connectivity index (χ3n) is 3.11. The van der Waals surface area contributed by atoms with Crippen molar-refractivity contribution in [3.8, 4) is 5.75 Å². The molecule has 2 aromatic rings. The fraction of sp³-hybridized carbons (Fsp3) is 0.267. The highest BCUT2D eigenvalue weighted by Gasteiger charge is 2.15. The van der Waals surface area contributed by atoms with E-state index < -0.39 is 11.9 Å². The van der Waals surface area contributed by atoms with Gasteiger partial charge in [0.2, 0.25) is 0 Å². The van der Waals surface area contributed by atoms with Crippen LogP contribution in [-0.4, -0.2) is 17.2 Å². The lowest BCUT2D eigenvalue weighted by Gasteiger charge is -2.15. The fourth-order valence-electron chi connectivity index (χ4n) is 2.03. The Morgan fingerprint density at radius 1 is 1.37 bits per heavy atom. The van der Waals surface area contributed by atoms with E-state index in [1.165, 1.54) is 19.2 Å². The number of aromatic nitrogens is 1. The summed E-state index contributed by atoms with van der Waals surface area (Å²) >= 11 is 0. The Balaban J connectivity index is 2.38. The van der Waals surface area contributed by atoms with Gasteiger partial charge in [0.1, 0.15) is 6.10 Å². The molecule has 4 heteroatoms. The molecule has 1 unspecified atom stereocenters. The molecule has 0 fully saturated rings. The molecule has 0 amide bonds. The maximum atomic E-state index is 13.7. The van der Waals surface area contributed by atoms with E-state index in [1.54, 1.807) is 24.5 Å². The summed E-state index contributed by atoms with van der Waals surface area (Å²) in [6.07, 6.45) is 3.24. The van der Waals surface area contributed by atoms with Crippen LogP contribution in [0.15, 0.2) is 36.7 Å². The molecule has 0 saturated carbocycles. The number of methoxy groups -OCH3 is 1. The molecule has 19 heavy (non-hydrogen) atoms. The molecular formula is C15H16FNO2. The lowest BCUT2D eigenvalue weighted by molar-refractivity contribution is 0.218. The molecule has 0 aliphatic heterocycles. The van der Waals surface area contributed by atoms with Gasteiger partial charge in [0, 0.05) is 12.4 Å². The highest BCUT2D eigenvalue weighted by molar-refractivity contribution is 5.37. The lowest BCUT2D eigenvalue weighted by atomic mass is 9.97. The Morgan fingerprint density at radius 2 is 2.16 bits per heavy atom. The minimum Gasteiger partial charge on any atom is -0.494 e. The Hall–Kier alpha value is -1.94. The van der Waals surface area contributed by atoms with Crippen molar-refractivity contribution >= 4 is 0 Å². The van der Waals surface area contributed by atoms with E-state index in [0.717, 1.165) is 17.5 Å². The zero-order chi connectivity index (χ0) is 13.8. The normalized spacial score (nSPS) is 12.2. The Labute approximate surface area is 111 Å². The molecule has 0 radical (unpaired) electrons. The van der Waals surface area contributed by atoms with Gasteiger partial charge in [-0.1, -0.05) is 13.0 Å². The van der Waals surface area contributed by atoms with Gasteiger partial charge in [-0.3, -0.25) is 4.98 Å². The van der Waals surface area contributed by atoms with Gasteiger partial charge in [-0.05, 0) is 41.3 Å². The first-order chi connectivity index (χ1) is 9.17. The standard InChI is InChI=1S/C15H16FNO2/c1-3-10-9-17-7-6-12(10)15(18)11-4-5-14(19-2)13(16)8-11/h4-9,15,18H,3H2,1-2H3. The van der Waals surface area contributed by atoms with Crippen molar-refractivity contribution in [1.29, 1.82) is 0 Å². The second kappa shape index (κ2) is 5.80. The number of aliphatic hydroxyl groups excluding tert-OH is 1. The summed E-state index contributed by atoms with van der Waals surface area (Å²) in [5.41, 5.74) is 2.20. The zero-order valence-electron chi connectivity index (χ0n) is 10.9. The summed E-state index contributed by atoms with van der Waals surface area (Å²) in [5.74, 6) is -0.312. The predicted molar refractivity (Wildman–Crippen MR) is 70.6 cm³/mol. The van der Waals surface area contributed by atoms with Crippen molar-refractivity contribution in [2.24, 2.45) is 0 Å². The molecule has 1 atom stereocenters. The number of aliphatic hydroxyl groups is 1. The van der Waals surface area contributed by atoms with Crippen LogP contribution in [-0.2, 0) is 6.42 Å². The van der Waals surface area contributed by atoms with Gasteiger partial charge in [0.05, 0.1) is 7.11 Å². The highest BCUT2D eigenvalue weighted by Crippen LogP contribution is 2.28. The van der Waals surface area contributed by atoms with E-state index >= 15 is 0 Å². The topological polar surface area (TPSA) is 42.4 Å². The van der Waals surface area contributed by atoms with Gasteiger partial charge in [0.15, 0.2) is 11.6 Å². The molecule has 0 bridgehead atoms. The number of benzene rings is 1. The number of nitrogens with zero attached hydrogens (tertiary/aromatic N) is 1. The van der Waals surface area contributed by atoms with Crippen LogP contribution in [0.2, 0.25) is 0 Å². The smallest absolute Gasteiger partial charge is 0.165 e. The second-order valence-corrected chi connectivity index (χ2v) is 4.22. The molecule has 0 spiro atoms. The van der Waals surface area contributed by atoms with Crippen molar-refractivity contribution in [2.45, 2.75) is 19.4 Å². The van der Waals surface area contributed by atoms with Gasteiger partial charge >= 0.3 is 0 Å². The first kappa shape index (κ1) is 13.5. The molecule has 2 rings (SSSR count). The molecule has 1 aromatic heterocycles. The summed E-state index contributed by atoms with van der Waals surface area (Å²) in [5, 5.41) is 10.4. The molecule has 1 N–H and O–H groups in total. The Bertz CT molecular complexity index is 572. The predicted octanol–water partition coefficient (Wildman–Crippen LogP) is 2.87. The quantitative estimate of drug-likeness (QED) is 0.920. The fourth-order valence-corrected chi connectivity index (χ4v) is 2.03. The van der Waals surface area contributed by atoms with E-state index in [0.29, 0.717) is 5.56 Å². The van der Waals surface area contributed by atoms with Gasteiger partial charge in [-0.2, -0.15) is 0 Å². The number of pyridine rings is 1. The van der Waals surface area contributed by atoms with Crippen LogP contribution in [0, 0.1) is 5.82 Å². The largest absolute Gasteiger partial charge is 0.494 e. The SMILES string of the molecule is CCc1cnccc1C(O)c1ccc(OC)c(F)c1. The van der Waals surface area contributed by atoms with Crippen molar-refractivity contribution in [3.63, 3.8) is 0 Å². The number of ether oxygens (including phenoxy) is 1. The third kappa shape index (κ3) is 2.74. The van der Waals surface area contributed by atoms with Crippen LogP contribution >= 0.6 is 0 Å². The van der Waals surface area contributed by atoms with Crippen molar-refractivity contribution in [3.05, 3.63) is 59.2 Å². The van der Waals surface area contributed by atoms with Gasteiger partial charge in [0.25, 0.3) is 0 Å². The molecular weight excluding hydrogens is 245 g/mol. The number of halogens is 1. The van der Waals surface area contributed by atoms with E-state index in [9.17, 15) is 9.50 Å². The summed E-state index contributed by atoms with van der Waals surface area (Å²) in [4.78, 5) is 4.03. The van der Waals surface area contributed by atoms with E-state index in [4.69, 9.17) is 4.74 Å². The first-order valence-electron chi connectivity index (χ1n) is 6.11. The summed E-state index contributed by atoms with van der Waals surface area (Å²) < 4.78 is 18.5. The Morgan fingerprint density at radius 3 is 2.79 bits per heavy atom. The van der Waals surface area contributed by atoms with Crippen LogP contribution in [0.3, 0.4) is 0 Å². The van der Waals surface area contributed by atoms with Crippen molar-refractivity contribution in [2.75, 3.05) is 7.11 Å². The maximum absolute atomic E-state index is 13.7. The van der Waals surface area contributed by atoms with Crippen LogP contribution in [0.1, 0.15) is 29.7 Å². The molecule has 1 heterocycles. The highest BCUT2D eigenvalue weighted by atomic mass is 19.1. The molecule has 100 valence electrons. The van der Waals surface area contributed by atoms with Gasteiger partial charge in [-0.15, -0.1) is 0 Å². The molecule has 3 nitrogen and oxygen atoms in total. The molecule has 0 aliphatic rings. The molecule has 0 aliphatic carbocycles. The average molecular weight is 261 g/mol. The first-order valence-corrected chi connectivity index (χ1v) is 6.11. The van der Waals surface area contributed by atoms with Gasteiger partial charge < -0.3 is 9.84 Å². The third-order valence-corrected chi connectivity index (χ3v) is 3.11. The Kier molecular flexibility index (Phi) is 4.12. The average Bonchev–Trinajstić information content (AvgIpc) is 2.46. The van der Waals surface area contributed by atoms with Gasteiger partial charge in [-0.25, -0.2) is 4.39 Å². The van der Waals surface area contributed by atoms with E-state index in [2.05, 4.69) is 4.98 Å². The van der Waals surface area contributed by atoms with Crippen LogP contribution in [0.25, 0.3) is 0 Å². The van der Waals surface area contributed by atoms with E-state index in [1.807, 2.05) is 6.92 Å². The lowest BCUT2D eigenvalue weighted by Crippen LogP contribution is -2.04. The van der Waals surface area contributed by atoms with Crippen molar-refractivity contribution in [1.82, 2.24) is 4.98 Å². The summed E-state index contributed by atoms with van der Waals surface area (Å²) in [6.45, 7) is 1.99. The van der Waals surface area contributed by atoms with Crippen LogP contribution in [0.4, 0.5) is 4.39 Å². The van der Waals surface area contributed by atoms with Crippen molar-refractivity contribution < 1.29 is 14.2 Å². The number of hydrogen-bond donors (Lipinski definition) is 1.